The monoisotopic (exact) mass is 386 g/mol. The molecule has 1 aliphatic rings. The second-order valence-electron chi connectivity index (χ2n) is 6.81. The Kier molecular flexibility index (Phi) is 5.91. The maximum absolute atomic E-state index is 12.7. The van der Waals surface area contributed by atoms with Crippen molar-refractivity contribution in [2.75, 3.05) is 5.32 Å². The van der Waals surface area contributed by atoms with E-state index in [1.54, 1.807) is 6.07 Å². The lowest BCUT2D eigenvalue weighted by Crippen LogP contribution is -2.36. The summed E-state index contributed by atoms with van der Waals surface area (Å²) in [6.45, 7) is 0. The number of hydrogen-bond acceptors (Lipinski definition) is 4. The van der Waals surface area contributed by atoms with Gasteiger partial charge in [-0.1, -0.05) is 43.2 Å². The van der Waals surface area contributed by atoms with E-state index in [-0.39, 0.29) is 11.5 Å². The zero-order valence-corrected chi connectivity index (χ0v) is 15.6. The summed E-state index contributed by atoms with van der Waals surface area (Å²) in [5.74, 6) is -3.17. The second-order valence-corrected chi connectivity index (χ2v) is 7.94. The van der Waals surface area contributed by atoms with Crippen LogP contribution in [0.1, 0.15) is 46.5 Å². The SMILES string of the molecule is NC(=O)c1cc(Cc2ccccc2)sc1NC(=O)C1CCCCC1C(=O)O. The first kappa shape index (κ1) is 19.1. The third kappa shape index (κ3) is 4.54. The number of aliphatic carboxylic acids is 1. The molecule has 0 spiro atoms. The van der Waals surface area contributed by atoms with Crippen LogP contribution in [-0.4, -0.2) is 22.9 Å². The molecule has 1 fully saturated rings. The van der Waals surface area contributed by atoms with Crippen LogP contribution in [0.15, 0.2) is 36.4 Å². The number of primary amides is 1. The number of carboxylic acids is 1. The summed E-state index contributed by atoms with van der Waals surface area (Å²) in [6.07, 6.45) is 3.31. The van der Waals surface area contributed by atoms with E-state index in [0.29, 0.717) is 24.3 Å². The first-order valence-corrected chi connectivity index (χ1v) is 9.77. The van der Waals surface area contributed by atoms with Crippen LogP contribution in [-0.2, 0) is 16.0 Å². The fourth-order valence-corrected chi connectivity index (χ4v) is 4.65. The van der Waals surface area contributed by atoms with Gasteiger partial charge in [-0.25, -0.2) is 0 Å². The fourth-order valence-electron chi connectivity index (χ4n) is 3.55. The van der Waals surface area contributed by atoms with Crippen LogP contribution in [0.4, 0.5) is 5.00 Å². The normalized spacial score (nSPS) is 19.4. The number of hydrogen-bond donors (Lipinski definition) is 3. The molecule has 1 aromatic heterocycles. The Bertz CT molecular complexity index is 847. The van der Waals surface area contributed by atoms with Gasteiger partial charge in [-0.15, -0.1) is 11.3 Å². The van der Waals surface area contributed by atoms with Gasteiger partial charge in [0.25, 0.3) is 5.91 Å². The van der Waals surface area contributed by atoms with Crippen LogP contribution in [0.3, 0.4) is 0 Å². The number of benzene rings is 1. The van der Waals surface area contributed by atoms with E-state index in [0.717, 1.165) is 23.3 Å². The first-order chi connectivity index (χ1) is 13.0. The summed E-state index contributed by atoms with van der Waals surface area (Å²) in [4.78, 5) is 36.9. The van der Waals surface area contributed by atoms with Crippen molar-refractivity contribution in [2.24, 2.45) is 17.6 Å². The van der Waals surface area contributed by atoms with Crippen molar-refractivity contribution < 1.29 is 19.5 Å². The van der Waals surface area contributed by atoms with E-state index in [1.165, 1.54) is 11.3 Å². The molecule has 7 heteroatoms. The minimum atomic E-state index is -0.944. The average Bonchev–Trinajstić information content (AvgIpc) is 3.05. The van der Waals surface area contributed by atoms with Gasteiger partial charge in [-0.3, -0.25) is 14.4 Å². The molecule has 0 saturated heterocycles. The van der Waals surface area contributed by atoms with E-state index < -0.39 is 23.7 Å². The summed E-state index contributed by atoms with van der Waals surface area (Å²) in [7, 11) is 0. The summed E-state index contributed by atoms with van der Waals surface area (Å²) in [6, 6.07) is 11.5. The number of amides is 2. The molecule has 0 bridgehead atoms. The predicted octanol–water partition coefficient (Wildman–Crippen LogP) is 3.27. The van der Waals surface area contributed by atoms with Crippen molar-refractivity contribution in [3.05, 3.63) is 52.4 Å². The maximum atomic E-state index is 12.7. The molecule has 2 unspecified atom stereocenters. The highest BCUT2D eigenvalue weighted by molar-refractivity contribution is 7.16. The Labute approximate surface area is 161 Å². The molecule has 2 aromatic rings. The van der Waals surface area contributed by atoms with Crippen LogP contribution in [0.25, 0.3) is 0 Å². The van der Waals surface area contributed by atoms with Gasteiger partial charge in [0.1, 0.15) is 5.00 Å². The molecule has 2 atom stereocenters. The molecular formula is C20H22N2O4S. The molecule has 2 amide bonds. The van der Waals surface area contributed by atoms with Crippen molar-refractivity contribution in [3.63, 3.8) is 0 Å². The van der Waals surface area contributed by atoms with E-state index in [2.05, 4.69) is 5.32 Å². The van der Waals surface area contributed by atoms with Crippen LogP contribution < -0.4 is 11.1 Å². The molecule has 6 nitrogen and oxygen atoms in total. The predicted molar refractivity (Wildman–Crippen MR) is 104 cm³/mol. The third-order valence-electron chi connectivity index (χ3n) is 4.93. The van der Waals surface area contributed by atoms with Crippen molar-refractivity contribution in [3.8, 4) is 0 Å². The summed E-state index contributed by atoms with van der Waals surface area (Å²) in [5.41, 5.74) is 6.83. The third-order valence-corrected chi connectivity index (χ3v) is 5.98. The summed E-state index contributed by atoms with van der Waals surface area (Å²) >= 11 is 1.30. The molecule has 0 radical (unpaired) electrons. The van der Waals surface area contributed by atoms with Gasteiger partial charge in [-0.05, 0) is 24.5 Å². The highest BCUT2D eigenvalue weighted by atomic mass is 32.1. The lowest BCUT2D eigenvalue weighted by Gasteiger charge is -2.27. The molecule has 1 heterocycles. The van der Waals surface area contributed by atoms with E-state index in [1.807, 2.05) is 30.3 Å². The Hall–Kier alpha value is -2.67. The lowest BCUT2D eigenvalue weighted by atomic mass is 9.79. The van der Waals surface area contributed by atoms with Gasteiger partial charge in [0.2, 0.25) is 5.91 Å². The first-order valence-electron chi connectivity index (χ1n) is 8.96. The Morgan fingerprint density at radius 1 is 1.11 bits per heavy atom. The highest BCUT2D eigenvalue weighted by Gasteiger charge is 2.36. The number of rotatable bonds is 6. The average molecular weight is 386 g/mol. The van der Waals surface area contributed by atoms with Crippen molar-refractivity contribution in [1.29, 1.82) is 0 Å². The largest absolute Gasteiger partial charge is 0.481 e. The van der Waals surface area contributed by atoms with E-state index in [9.17, 15) is 19.5 Å². The number of carbonyl (C=O) groups is 3. The zero-order chi connectivity index (χ0) is 19.4. The number of anilines is 1. The minimum absolute atomic E-state index is 0.266. The van der Waals surface area contributed by atoms with E-state index >= 15 is 0 Å². The maximum Gasteiger partial charge on any atom is 0.307 e. The minimum Gasteiger partial charge on any atom is -0.481 e. The second kappa shape index (κ2) is 8.35. The standard InChI is InChI=1S/C20H22N2O4S/c21-17(23)16-11-13(10-12-6-2-1-3-7-12)27-19(16)22-18(24)14-8-4-5-9-15(14)20(25)26/h1-3,6-7,11,14-15H,4-5,8-10H2,(H2,21,23)(H,22,24)(H,25,26). The number of carboxylic acid groups (broad SMARTS) is 1. The molecule has 142 valence electrons. The summed E-state index contributed by atoms with van der Waals surface area (Å²) in [5, 5.41) is 12.5. The number of nitrogens with two attached hydrogens (primary N) is 1. The molecule has 27 heavy (non-hydrogen) atoms. The number of nitrogens with one attached hydrogen (secondary N) is 1. The molecule has 4 N–H and O–H groups in total. The van der Waals surface area contributed by atoms with Crippen LogP contribution in [0, 0.1) is 11.8 Å². The van der Waals surface area contributed by atoms with Gasteiger partial charge >= 0.3 is 5.97 Å². The molecule has 1 aromatic carbocycles. The zero-order valence-electron chi connectivity index (χ0n) is 14.8. The topological polar surface area (TPSA) is 109 Å². The number of thiophene rings is 1. The van der Waals surface area contributed by atoms with Gasteiger partial charge in [0.05, 0.1) is 17.4 Å². The van der Waals surface area contributed by atoms with Crippen molar-refractivity contribution in [2.45, 2.75) is 32.1 Å². The highest BCUT2D eigenvalue weighted by Crippen LogP contribution is 2.34. The molecule has 3 rings (SSSR count). The van der Waals surface area contributed by atoms with Crippen LogP contribution >= 0.6 is 11.3 Å². The number of carbonyl (C=O) groups excluding carboxylic acids is 2. The molecule has 1 saturated carbocycles. The van der Waals surface area contributed by atoms with Gasteiger partial charge in [0, 0.05) is 11.3 Å². The lowest BCUT2D eigenvalue weighted by molar-refractivity contribution is -0.147. The molecule has 0 aliphatic heterocycles. The van der Waals surface area contributed by atoms with Gasteiger partial charge < -0.3 is 16.2 Å². The molecular weight excluding hydrogens is 364 g/mol. The Balaban J connectivity index is 1.79. The van der Waals surface area contributed by atoms with Gasteiger partial charge in [0.15, 0.2) is 0 Å². The van der Waals surface area contributed by atoms with Gasteiger partial charge in [-0.2, -0.15) is 0 Å². The quantitative estimate of drug-likeness (QED) is 0.708. The van der Waals surface area contributed by atoms with Crippen molar-refractivity contribution in [1.82, 2.24) is 0 Å². The van der Waals surface area contributed by atoms with Crippen molar-refractivity contribution >= 4 is 34.1 Å². The molecule has 1 aliphatic carbocycles. The van der Waals surface area contributed by atoms with E-state index in [4.69, 9.17) is 5.73 Å². The van der Waals surface area contributed by atoms with Crippen LogP contribution in [0.2, 0.25) is 0 Å². The fraction of sp³-hybridized carbons (Fsp3) is 0.350. The Morgan fingerprint density at radius 2 is 1.78 bits per heavy atom. The summed E-state index contributed by atoms with van der Waals surface area (Å²) < 4.78 is 0. The smallest absolute Gasteiger partial charge is 0.307 e. The van der Waals surface area contributed by atoms with Crippen LogP contribution in [0.5, 0.6) is 0 Å². The Morgan fingerprint density at radius 3 is 2.41 bits per heavy atom.